The van der Waals surface area contributed by atoms with E-state index in [1.165, 1.54) is 0 Å². The number of carbonyl (C=O) groups excluding carboxylic acids is 2. The van der Waals surface area contributed by atoms with Crippen molar-refractivity contribution < 1.29 is 23.1 Å². The lowest BCUT2D eigenvalue weighted by molar-refractivity contribution is -0.134. The summed E-state index contributed by atoms with van der Waals surface area (Å²) < 4.78 is 32.2. The first kappa shape index (κ1) is 29.0. The molecule has 1 saturated carbocycles. The van der Waals surface area contributed by atoms with Gasteiger partial charge in [-0.3, -0.25) is 20.2 Å². The monoisotopic (exact) mass is 568 g/mol. The first-order valence-corrected chi connectivity index (χ1v) is 15.4. The van der Waals surface area contributed by atoms with Crippen LogP contribution in [0.1, 0.15) is 51.9 Å². The van der Waals surface area contributed by atoms with Crippen molar-refractivity contribution in [2.45, 2.75) is 99.3 Å². The van der Waals surface area contributed by atoms with Crippen molar-refractivity contribution in [2.75, 3.05) is 26.7 Å². The number of hydrogen-bond donors (Lipinski definition) is 4. The molecule has 12 heteroatoms. The summed E-state index contributed by atoms with van der Waals surface area (Å²) in [6, 6.07) is 1.33. The third kappa shape index (κ3) is 6.38. The Bertz CT molecular complexity index is 926. The van der Waals surface area contributed by atoms with E-state index in [2.05, 4.69) is 34.3 Å². The quantitative estimate of drug-likeness (QED) is 0.382. The lowest BCUT2D eigenvalue weighted by atomic mass is 9.66. The maximum absolute atomic E-state index is 13.6. The van der Waals surface area contributed by atoms with Gasteiger partial charge in [-0.05, 0) is 63.7 Å². The number of fused-ring (bicyclic) bond motifs is 1. The number of hydrogen-bond acceptors (Lipinski definition) is 8. The number of nitrogens with one attached hydrogen (secondary N) is 4. The van der Waals surface area contributed by atoms with E-state index >= 15 is 0 Å². The fourth-order valence-electron chi connectivity index (χ4n) is 7.49. The summed E-state index contributed by atoms with van der Waals surface area (Å²) in [4.78, 5) is 28.4. The number of alkyl halides is 2. The van der Waals surface area contributed by atoms with Crippen LogP contribution in [0.15, 0.2) is 0 Å². The highest BCUT2D eigenvalue weighted by Crippen LogP contribution is 2.42. The van der Waals surface area contributed by atoms with Gasteiger partial charge in [0.1, 0.15) is 5.50 Å². The number of ether oxygens (including phenoxy) is 1. The molecule has 2 amide bonds. The highest BCUT2D eigenvalue weighted by Gasteiger charge is 2.47. The molecule has 9 nitrogen and oxygen atoms in total. The molecule has 4 saturated heterocycles. The maximum Gasteiger partial charge on any atom is 0.253 e. The number of nitrogens with zero attached hydrogens (tertiary/aromatic N) is 2. The van der Waals surface area contributed by atoms with Crippen LogP contribution < -0.4 is 21.3 Å². The Morgan fingerprint density at radius 2 is 1.95 bits per heavy atom. The van der Waals surface area contributed by atoms with Gasteiger partial charge in [0.25, 0.3) is 6.43 Å². The molecule has 0 spiro atoms. The van der Waals surface area contributed by atoms with Crippen molar-refractivity contribution in [3.63, 3.8) is 0 Å². The topological polar surface area (TPSA) is 119 Å². The number of carbonyl (C=O) groups is 2. The molecule has 0 aromatic carbocycles. The fraction of sp³-hybridized carbons (Fsp3) is 0.889. The Labute approximate surface area is 233 Å². The molecule has 218 valence electrons. The largest absolute Gasteiger partial charge is 0.381 e. The molecular weight excluding hydrogens is 526 g/mol. The van der Waals surface area contributed by atoms with E-state index in [1.54, 1.807) is 23.8 Å². The molecule has 5 rings (SSSR count). The molecule has 5 fully saturated rings. The van der Waals surface area contributed by atoms with Gasteiger partial charge in [0.05, 0.1) is 30.2 Å². The van der Waals surface area contributed by atoms with Crippen LogP contribution in [0.2, 0.25) is 0 Å². The summed E-state index contributed by atoms with van der Waals surface area (Å²) in [7, 11) is 1.73. The summed E-state index contributed by atoms with van der Waals surface area (Å²) in [6.07, 6.45) is 2.55. The third-order valence-corrected chi connectivity index (χ3v) is 10.9. The van der Waals surface area contributed by atoms with Crippen molar-refractivity contribution in [1.29, 1.82) is 5.26 Å². The number of halogens is 2. The summed E-state index contributed by atoms with van der Waals surface area (Å²) in [5.41, 5.74) is -0.239. The van der Waals surface area contributed by atoms with Gasteiger partial charge in [0, 0.05) is 50.0 Å². The number of piperidine rings is 2. The summed E-state index contributed by atoms with van der Waals surface area (Å²) in [5.74, 6) is 0.0330. The average Bonchev–Trinajstić information content (AvgIpc) is 3.51. The zero-order chi connectivity index (χ0) is 27.7. The van der Waals surface area contributed by atoms with Crippen molar-refractivity contribution in [3.05, 3.63) is 0 Å². The molecule has 0 radical (unpaired) electrons. The highest BCUT2D eigenvalue weighted by atomic mass is 32.2. The Morgan fingerprint density at radius 1 is 1.13 bits per heavy atom. The molecule has 4 aliphatic heterocycles. The van der Waals surface area contributed by atoms with Gasteiger partial charge in [-0.25, -0.2) is 8.78 Å². The molecule has 4 heterocycles. The van der Waals surface area contributed by atoms with Gasteiger partial charge in [-0.2, -0.15) is 5.26 Å². The zero-order valence-electron chi connectivity index (χ0n) is 22.8. The fourth-order valence-corrected chi connectivity index (χ4v) is 8.89. The van der Waals surface area contributed by atoms with E-state index in [1.807, 2.05) is 0 Å². The Balaban J connectivity index is 1.16. The van der Waals surface area contributed by atoms with Gasteiger partial charge in [0.2, 0.25) is 11.8 Å². The standard InChI is InChI=1S/C27H42F2N6O3S/c1-14-8-16(17-9-15(10-30)6-7-22(17)38-2)18(11-31-14)25(36)34-27-33-21-12-35(13-23(21)39-27)26(37)20-5-3-4-19(32-20)24(28)29/h14-24,27,31-33H,3-9,11-13H2,1-2H3,(H,34,36). The van der Waals surface area contributed by atoms with Crippen LogP contribution in [0.3, 0.4) is 0 Å². The minimum atomic E-state index is -2.46. The lowest BCUT2D eigenvalue weighted by Crippen LogP contribution is -2.56. The SMILES string of the molecule is COC1CCC(C#N)CC1C1CC(C)NCC1C(=O)NC1NC2CN(C(=O)C3CCCC(C(F)F)N3)CC2S1. The average molecular weight is 569 g/mol. The minimum absolute atomic E-state index is 0.00990. The van der Waals surface area contributed by atoms with E-state index in [4.69, 9.17) is 4.74 Å². The summed E-state index contributed by atoms with van der Waals surface area (Å²) in [6.45, 7) is 3.80. The van der Waals surface area contributed by atoms with Crippen LogP contribution in [-0.2, 0) is 14.3 Å². The molecule has 1 aliphatic carbocycles. The Morgan fingerprint density at radius 3 is 2.67 bits per heavy atom. The molecule has 11 atom stereocenters. The second kappa shape index (κ2) is 12.6. The number of thioether (sulfide) groups is 1. The predicted octanol–water partition coefficient (Wildman–Crippen LogP) is 1.65. The van der Waals surface area contributed by atoms with Crippen molar-refractivity contribution in [2.24, 2.45) is 23.7 Å². The van der Waals surface area contributed by atoms with Crippen LogP contribution >= 0.6 is 11.8 Å². The predicted molar refractivity (Wildman–Crippen MR) is 144 cm³/mol. The molecular formula is C27H42F2N6O3S. The van der Waals surface area contributed by atoms with E-state index in [-0.39, 0.29) is 58.4 Å². The van der Waals surface area contributed by atoms with E-state index in [9.17, 15) is 23.6 Å². The molecule has 4 N–H and O–H groups in total. The van der Waals surface area contributed by atoms with Crippen LogP contribution in [0, 0.1) is 35.0 Å². The number of likely N-dealkylation sites (tertiary alicyclic amines) is 1. The van der Waals surface area contributed by atoms with Crippen molar-refractivity contribution >= 4 is 23.6 Å². The molecule has 0 bridgehead atoms. The second-order valence-electron chi connectivity index (χ2n) is 12.1. The lowest BCUT2D eigenvalue weighted by Gasteiger charge is -2.44. The zero-order valence-corrected chi connectivity index (χ0v) is 23.6. The van der Waals surface area contributed by atoms with Gasteiger partial charge in [-0.1, -0.05) is 0 Å². The van der Waals surface area contributed by atoms with Gasteiger partial charge in [0.15, 0.2) is 0 Å². The molecule has 11 unspecified atom stereocenters. The van der Waals surface area contributed by atoms with Gasteiger partial charge < -0.3 is 20.3 Å². The van der Waals surface area contributed by atoms with E-state index < -0.39 is 18.5 Å². The number of nitriles is 1. The summed E-state index contributed by atoms with van der Waals surface area (Å²) >= 11 is 1.63. The van der Waals surface area contributed by atoms with E-state index in [0.717, 1.165) is 25.7 Å². The third-order valence-electron chi connectivity index (χ3n) is 9.59. The second-order valence-corrected chi connectivity index (χ2v) is 13.4. The number of methoxy groups -OCH3 is 1. The van der Waals surface area contributed by atoms with Crippen LogP contribution in [-0.4, -0.2) is 90.9 Å². The number of rotatable bonds is 6. The van der Waals surface area contributed by atoms with Crippen LogP contribution in [0.5, 0.6) is 0 Å². The molecule has 39 heavy (non-hydrogen) atoms. The Kier molecular flexibility index (Phi) is 9.33. The Hall–Kier alpha value is -1.52. The smallest absolute Gasteiger partial charge is 0.253 e. The van der Waals surface area contributed by atoms with Gasteiger partial charge >= 0.3 is 0 Å². The van der Waals surface area contributed by atoms with Crippen molar-refractivity contribution in [3.8, 4) is 6.07 Å². The first-order chi connectivity index (χ1) is 18.8. The molecule has 5 aliphatic rings. The number of amides is 2. The van der Waals surface area contributed by atoms with Crippen LogP contribution in [0.4, 0.5) is 8.78 Å². The molecule has 0 aromatic rings. The van der Waals surface area contributed by atoms with Crippen LogP contribution in [0.25, 0.3) is 0 Å². The minimum Gasteiger partial charge on any atom is -0.381 e. The first-order valence-electron chi connectivity index (χ1n) is 14.5. The highest BCUT2D eigenvalue weighted by molar-refractivity contribution is 8.00. The normalized spacial score (nSPS) is 42.7. The molecule has 0 aromatic heterocycles. The maximum atomic E-state index is 13.6. The van der Waals surface area contributed by atoms with Gasteiger partial charge in [-0.15, -0.1) is 11.8 Å². The van der Waals surface area contributed by atoms with Crippen molar-refractivity contribution in [1.82, 2.24) is 26.2 Å². The van der Waals surface area contributed by atoms with E-state index in [0.29, 0.717) is 44.9 Å². The summed E-state index contributed by atoms with van der Waals surface area (Å²) in [5, 5.41) is 22.7.